The highest BCUT2D eigenvalue weighted by Crippen LogP contribution is 2.42. The number of fused-ring (bicyclic) bond motifs is 7. The Morgan fingerprint density at radius 3 is 1.56 bits per heavy atom. The van der Waals surface area contributed by atoms with Gasteiger partial charge in [0, 0.05) is 34.6 Å². The van der Waals surface area contributed by atoms with E-state index in [0.29, 0.717) is 0 Å². The van der Waals surface area contributed by atoms with E-state index in [-0.39, 0.29) is 13.4 Å². The summed E-state index contributed by atoms with van der Waals surface area (Å²) in [7, 11) is -3.04. The van der Waals surface area contributed by atoms with E-state index in [4.69, 9.17) is 4.98 Å². The fourth-order valence-electron chi connectivity index (χ4n) is 10.8. The van der Waals surface area contributed by atoms with Crippen LogP contribution in [0.25, 0.3) is 0 Å². The monoisotopic (exact) mass is 765 g/mol. The number of hydrogen-bond donors (Lipinski definition) is 0. The summed E-state index contributed by atoms with van der Waals surface area (Å²) in [5, 5.41) is 5.65. The van der Waals surface area contributed by atoms with Crippen LogP contribution in [0.5, 0.6) is 0 Å². The third kappa shape index (κ3) is 4.87. The summed E-state index contributed by atoms with van der Waals surface area (Å²) in [6.07, 6.45) is 3.90. The van der Waals surface area contributed by atoms with Gasteiger partial charge in [0.2, 0.25) is 13.4 Å². The van der Waals surface area contributed by atoms with Gasteiger partial charge in [-0.25, -0.2) is 0 Å². The summed E-state index contributed by atoms with van der Waals surface area (Å²) in [5.74, 6) is 0. The number of pyridine rings is 1. The topological polar surface area (TPSA) is 19.4 Å². The lowest BCUT2D eigenvalue weighted by Crippen LogP contribution is -2.88. The van der Waals surface area contributed by atoms with Gasteiger partial charge in [0.15, 0.2) is 8.07 Å². The van der Waals surface area contributed by atoms with Gasteiger partial charge in [-0.05, 0) is 85.1 Å². The highest BCUT2D eigenvalue weighted by Gasteiger charge is 2.55. The molecule has 1 aromatic heterocycles. The first-order valence-corrected chi connectivity index (χ1v) is 22.5. The Bertz CT molecular complexity index is 2980. The van der Waals surface area contributed by atoms with Crippen molar-refractivity contribution in [2.75, 3.05) is 9.80 Å². The Labute approximate surface area is 347 Å². The molecule has 3 aliphatic rings. The molecule has 0 N–H and O–H groups in total. The fraction of sp³-hybridized carbons (Fsp3) is 0. The second kappa shape index (κ2) is 13.5. The van der Waals surface area contributed by atoms with Crippen molar-refractivity contribution in [2.24, 2.45) is 0 Å². The van der Waals surface area contributed by atoms with Crippen molar-refractivity contribution in [2.45, 2.75) is 0 Å². The maximum absolute atomic E-state index is 4.74. The molecule has 3 aliphatic heterocycles. The Balaban J connectivity index is 1.35. The Morgan fingerprint density at radius 2 is 0.915 bits per heavy atom. The van der Waals surface area contributed by atoms with E-state index in [1.807, 2.05) is 12.4 Å². The molecule has 6 heteroatoms. The highest BCUT2D eigenvalue weighted by atomic mass is 28.3. The van der Waals surface area contributed by atoms with E-state index >= 15 is 0 Å². The van der Waals surface area contributed by atoms with Crippen molar-refractivity contribution < 1.29 is 0 Å². The summed E-state index contributed by atoms with van der Waals surface area (Å²) >= 11 is 0. The lowest BCUT2D eigenvalue weighted by molar-refractivity contribution is 1.23. The van der Waals surface area contributed by atoms with Crippen molar-refractivity contribution in [1.29, 1.82) is 0 Å². The van der Waals surface area contributed by atoms with E-state index in [1.54, 1.807) is 0 Å². The fourth-order valence-corrected chi connectivity index (χ4v) is 16.0. The minimum absolute atomic E-state index is 0.0196. The second-order valence-electron chi connectivity index (χ2n) is 15.8. The number of para-hydroxylation sites is 3. The van der Waals surface area contributed by atoms with Crippen LogP contribution in [0.15, 0.2) is 225 Å². The second-order valence-corrected chi connectivity index (χ2v) is 19.5. The molecule has 9 aromatic rings. The summed E-state index contributed by atoms with van der Waals surface area (Å²) in [6, 6.07) is 79.6. The number of benzene rings is 8. The first kappa shape index (κ1) is 33.9. The van der Waals surface area contributed by atoms with Crippen LogP contribution in [0.3, 0.4) is 0 Å². The van der Waals surface area contributed by atoms with Gasteiger partial charge in [0.05, 0.1) is 11.9 Å². The molecule has 274 valence electrons. The standard InChI is InChI=1S/C53H37B2N3Si/c1-5-20-38(21-6-1)54-43-29-13-16-32-46(43)57(40-24-19-35-56-37-40)48-36-50-52-53(51(48)54)58(39-22-7-2-8-23-39)47-33-17-14-30-44(47)55(52)45-31-15-18-34-49(45)59(50,41-25-9-3-10-26-41)42-27-11-4-12-28-42/h1-37H. The quantitative estimate of drug-likeness (QED) is 0.220. The molecule has 0 radical (unpaired) electrons. The normalized spacial score (nSPS) is 14.1. The average molecular weight is 766 g/mol. The highest BCUT2D eigenvalue weighted by molar-refractivity contribution is 7.27. The van der Waals surface area contributed by atoms with Gasteiger partial charge in [-0.3, -0.25) is 4.98 Å². The molecule has 59 heavy (non-hydrogen) atoms. The van der Waals surface area contributed by atoms with Crippen LogP contribution in [0.2, 0.25) is 0 Å². The first-order valence-electron chi connectivity index (χ1n) is 20.5. The van der Waals surface area contributed by atoms with Crippen LogP contribution in [0, 0.1) is 0 Å². The number of rotatable bonds is 5. The minimum Gasteiger partial charge on any atom is -0.312 e. The van der Waals surface area contributed by atoms with E-state index in [2.05, 4.69) is 222 Å². The molecule has 0 atom stereocenters. The first-order chi connectivity index (χ1) is 29.3. The summed E-state index contributed by atoms with van der Waals surface area (Å²) in [6.45, 7) is -0.0272. The number of hydrogen-bond acceptors (Lipinski definition) is 3. The van der Waals surface area contributed by atoms with Gasteiger partial charge < -0.3 is 9.80 Å². The molecule has 0 saturated carbocycles. The zero-order chi connectivity index (χ0) is 38.9. The van der Waals surface area contributed by atoms with Gasteiger partial charge in [0.25, 0.3) is 0 Å². The minimum atomic E-state index is -3.04. The van der Waals surface area contributed by atoms with Crippen molar-refractivity contribution in [3.05, 3.63) is 225 Å². The van der Waals surface area contributed by atoms with Crippen LogP contribution in [0.1, 0.15) is 0 Å². The molecule has 0 spiro atoms. The molecule has 12 rings (SSSR count). The van der Waals surface area contributed by atoms with Gasteiger partial charge >= 0.3 is 0 Å². The Hall–Kier alpha value is -7.14. The smallest absolute Gasteiger partial charge is 0.249 e. The van der Waals surface area contributed by atoms with Gasteiger partial charge in [-0.1, -0.05) is 181 Å². The van der Waals surface area contributed by atoms with E-state index in [0.717, 1.165) is 11.4 Å². The average Bonchev–Trinajstić information content (AvgIpc) is 3.32. The van der Waals surface area contributed by atoms with Crippen LogP contribution in [0.4, 0.5) is 34.1 Å². The van der Waals surface area contributed by atoms with Gasteiger partial charge in [-0.2, -0.15) is 0 Å². The third-order valence-corrected chi connectivity index (χ3v) is 17.8. The molecule has 8 aromatic carbocycles. The number of nitrogens with zero attached hydrogens (tertiary/aromatic N) is 3. The van der Waals surface area contributed by atoms with E-state index < -0.39 is 8.07 Å². The van der Waals surface area contributed by atoms with E-state index in [9.17, 15) is 0 Å². The van der Waals surface area contributed by atoms with Crippen molar-refractivity contribution >= 4 is 109 Å². The Morgan fingerprint density at radius 1 is 0.390 bits per heavy atom. The lowest BCUT2D eigenvalue weighted by Gasteiger charge is -2.50. The third-order valence-electron chi connectivity index (χ3n) is 12.9. The predicted molar refractivity (Wildman–Crippen MR) is 253 cm³/mol. The molecular formula is C53H37B2N3Si. The molecule has 0 bridgehead atoms. The molecule has 3 nitrogen and oxygen atoms in total. The molecule has 0 amide bonds. The van der Waals surface area contributed by atoms with Gasteiger partial charge in [-0.15, -0.1) is 0 Å². The van der Waals surface area contributed by atoms with Crippen molar-refractivity contribution in [3.63, 3.8) is 0 Å². The molecule has 0 unspecified atom stereocenters. The number of aromatic nitrogens is 1. The van der Waals surface area contributed by atoms with Crippen LogP contribution in [-0.2, 0) is 0 Å². The van der Waals surface area contributed by atoms with Crippen LogP contribution >= 0.6 is 0 Å². The number of anilines is 6. The molecule has 0 saturated heterocycles. The molecular weight excluding hydrogens is 728 g/mol. The zero-order valence-electron chi connectivity index (χ0n) is 32.4. The van der Waals surface area contributed by atoms with Crippen LogP contribution in [-0.4, -0.2) is 26.5 Å². The maximum atomic E-state index is 4.74. The van der Waals surface area contributed by atoms with Crippen molar-refractivity contribution in [1.82, 2.24) is 4.98 Å². The van der Waals surface area contributed by atoms with Crippen molar-refractivity contribution in [3.8, 4) is 0 Å². The van der Waals surface area contributed by atoms with Gasteiger partial charge in [0.1, 0.15) is 0 Å². The zero-order valence-corrected chi connectivity index (χ0v) is 33.4. The van der Waals surface area contributed by atoms with Crippen LogP contribution < -0.4 is 63.3 Å². The predicted octanol–water partition coefficient (Wildman–Crippen LogP) is 5.37. The SMILES string of the molecule is c1ccc(B2c3ccccc3N(c3cccnc3)c3cc4c5c(c32)N(c2ccccc2)c2ccccc2B5c2ccccc2[Si]4(c2ccccc2)c2ccccc2)cc1. The maximum Gasteiger partial charge on any atom is 0.249 e. The summed E-state index contributed by atoms with van der Waals surface area (Å²) in [4.78, 5) is 9.85. The largest absolute Gasteiger partial charge is 0.312 e. The Kier molecular flexibility index (Phi) is 7.75. The molecule has 0 fully saturated rings. The van der Waals surface area contributed by atoms with E-state index in [1.165, 1.54) is 76.3 Å². The summed E-state index contributed by atoms with van der Waals surface area (Å²) < 4.78 is 0. The molecule has 0 aliphatic carbocycles. The molecule has 4 heterocycles. The summed E-state index contributed by atoms with van der Waals surface area (Å²) in [5.41, 5.74) is 15.1. The lowest BCUT2D eigenvalue weighted by atomic mass is 9.30.